The molecule has 1 aliphatic heterocycles. The third kappa shape index (κ3) is 4.86. The third-order valence-corrected chi connectivity index (χ3v) is 3.14. The smallest absolute Gasteiger partial charge is 0.230 e. The Balaban J connectivity index is 2.02. The van der Waals surface area contributed by atoms with E-state index in [1.54, 1.807) is 11.8 Å². The van der Waals surface area contributed by atoms with Crippen molar-refractivity contribution in [2.45, 2.75) is 26.3 Å². The minimum absolute atomic E-state index is 0.102. The predicted molar refractivity (Wildman–Crippen MR) is 61.6 cm³/mol. The molecule has 0 aromatic heterocycles. The fourth-order valence-corrected chi connectivity index (χ4v) is 2.18. The topological polar surface area (TPSA) is 41.1 Å². The van der Waals surface area contributed by atoms with Crippen LogP contribution in [0.1, 0.15) is 20.8 Å². The van der Waals surface area contributed by atoms with Gasteiger partial charge in [-0.2, -0.15) is 11.8 Å². The number of carbonyl (C=O) groups is 1. The summed E-state index contributed by atoms with van der Waals surface area (Å²) in [7, 11) is 0. The van der Waals surface area contributed by atoms with Crippen molar-refractivity contribution >= 4 is 17.7 Å². The molecular weight excluding hydrogens is 196 g/mol. The zero-order valence-electron chi connectivity index (χ0n) is 9.22. The molecule has 82 valence electrons. The van der Waals surface area contributed by atoms with Crippen molar-refractivity contribution in [3.8, 4) is 0 Å². The SMILES string of the molecule is CC(C)(C)NC(=O)CSCC1CNC1. The molecule has 0 spiro atoms. The highest BCUT2D eigenvalue weighted by Crippen LogP contribution is 2.12. The van der Waals surface area contributed by atoms with Gasteiger partial charge in [-0.1, -0.05) is 0 Å². The maximum absolute atomic E-state index is 11.4. The van der Waals surface area contributed by atoms with Crippen LogP contribution in [-0.4, -0.2) is 36.0 Å². The summed E-state index contributed by atoms with van der Waals surface area (Å²) in [6.45, 7) is 8.25. The van der Waals surface area contributed by atoms with Crippen molar-refractivity contribution in [2.75, 3.05) is 24.6 Å². The molecule has 1 saturated heterocycles. The summed E-state index contributed by atoms with van der Waals surface area (Å²) in [5.74, 6) is 2.62. The molecule has 4 heteroatoms. The maximum Gasteiger partial charge on any atom is 0.230 e. The number of thioether (sulfide) groups is 1. The van der Waals surface area contributed by atoms with E-state index in [9.17, 15) is 4.79 Å². The Bertz CT molecular complexity index is 197. The van der Waals surface area contributed by atoms with Crippen molar-refractivity contribution in [1.29, 1.82) is 0 Å². The first kappa shape index (κ1) is 11.9. The lowest BCUT2D eigenvalue weighted by molar-refractivity contribution is -0.119. The molecule has 1 heterocycles. The molecule has 2 N–H and O–H groups in total. The Morgan fingerprint density at radius 1 is 1.50 bits per heavy atom. The Labute approximate surface area is 90.4 Å². The second kappa shape index (κ2) is 5.03. The van der Waals surface area contributed by atoms with Gasteiger partial charge >= 0.3 is 0 Å². The molecule has 1 rings (SSSR count). The van der Waals surface area contributed by atoms with Gasteiger partial charge in [-0.05, 0) is 45.5 Å². The van der Waals surface area contributed by atoms with Gasteiger partial charge in [0.05, 0.1) is 5.75 Å². The molecular formula is C10H20N2OS. The van der Waals surface area contributed by atoms with E-state index >= 15 is 0 Å². The molecule has 0 aromatic carbocycles. The Hall–Kier alpha value is -0.220. The quantitative estimate of drug-likeness (QED) is 0.732. The van der Waals surface area contributed by atoms with E-state index in [0.717, 1.165) is 24.8 Å². The van der Waals surface area contributed by atoms with Crippen LogP contribution in [0, 0.1) is 5.92 Å². The van der Waals surface area contributed by atoms with E-state index in [2.05, 4.69) is 10.6 Å². The normalized spacial score (nSPS) is 17.6. The molecule has 1 fully saturated rings. The first-order valence-corrected chi connectivity index (χ1v) is 6.22. The first-order valence-electron chi connectivity index (χ1n) is 5.07. The molecule has 14 heavy (non-hydrogen) atoms. The van der Waals surface area contributed by atoms with Crippen LogP contribution in [0.3, 0.4) is 0 Å². The predicted octanol–water partition coefficient (Wildman–Crippen LogP) is 0.854. The van der Waals surface area contributed by atoms with E-state index < -0.39 is 0 Å². The molecule has 1 aliphatic rings. The average Bonchev–Trinajstić information content (AvgIpc) is 1.90. The summed E-state index contributed by atoms with van der Waals surface area (Å²) >= 11 is 1.73. The Morgan fingerprint density at radius 2 is 2.14 bits per heavy atom. The van der Waals surface area contributed by atoms with Crippen LogP contribution >= 0.6 is 11.8 Å². The van der Waals surface area contributed by atoms with Crippen LogP contribution in [0.4, 0.5) is 0 Å². The lowest BCUT2D eigenvalue weighted by Crippen LogP contribution is -2.44. The van der Waals surface area contributed by atoms with Gasteiger partial charge in [0.2, 0.25) is 5.91 Å². The zero-order chi connectivity index (χ0) is 10.6. The summed E-state index contributed by atoms with van der Waals surface area (Å²) in [4.78, 5) is 11.4. The van der Waals surface area contributed by atoms with E-state index in [1.807, 2.05) is 20.8 Å². The van der Waals surface area contributed by atoms with Gasteiger partial charge in [0, 0.05) is 5.54 Å². The van der Waals surface area contributed by atoms with Crippen LogP contribution in [0.2, 0.25) is 0 Å². The van der Waals surface area contributed by atoms with E-state index in [0.29, 0.717) is 5.75 Å². The lowest BCUT2D eigenvalue weighted by atomic mass is 10.1. The van der Waals surface area contributed by atoms with Gasteiger partial charge in [0.1, 0.15) is 0 Å². The number of hydrogen-bond acceptors (Lipinski definition) is 3. The van der Waals surface area contributed by atoms with Crippen LogP contribution in [0.15, 0.2) is 0 Å². The van der Waals surface area contributed by atoms with Gasteiger partial charge in [-0.15, -0.1) is 0 Å². The number of nitrogens with one attached hydrogen (secondary N) is 2. The maximum atomic E-state index is 11.4. The van der Waals surface area contributed by atoms with Crippen LogP contribution in [-0.2, 0) is 4.79 Å². The van der Waals surface area contributed by atoms with Gasteiger partial charge in [-0.25, -0.2) is 0 Å². The van der Waals surface area contributed by atoms with Crippen molar-refractivity contribution in [3.63, 3.8) is 0 Å². The number of amides is 1. The highest BCUT2D eigenvalue weighted by atomic mass is 32.2. The molecule has 0 bridgehead atoms. The lowest BCUT2D eigenvalue weighted by Gasteiger charge is -2.26. The van der Waals surface area contributed by atoms with E-state index in [-0.39, 0.29) is 11.4 Å². The third-order valence-electron chi connectivity index (χ3n) is 1.97. The molecule has 0 aliphatic carbocycles. The number of hydrogen-bond donors (Lipinski definition) is 2. The molecule has 0 aromatic rings. The average molecular weight is 216 g/mol. The van der Waals surface area contributed by atoms with E-state index in [1.165, 1.54) is 0 Å². The molecule has 0 radical (unpaired) electrons. The fourth-order valence-electron chi connectivity index (χ4n) is 1.24. The van der Waals surface area contributed by atoms with Crippen LogP contribution in [0.5, 0.6) is 0 Å². The molecule has 1 amide bonds. The van der Waals surface area contributed by atoms with Gasteiger partial charge < -0.3 is 10.6 Å². The summed E-state index contributed by atoms with van der Waals surface area (Å²) in [6.07, 6.45) is 0. The molecule has 3 nitrogen and oxygen atoms in total. The second-order valence-corrected chi connectivity index (χ2v) is 5.87. The monoisotopic (exact) mass is 216 g/mol. The number of carbonyl (C=O) groups excluding carboxylic acids is 1. The Kier molecular flexibility index (Phi) is 4.26. The van der Waals surface area contributed by atoms with Crippen molar-refractivity contribution in [2.24, 2.45) is 5.92 Å². The highest BCUT2D eigenvalue weighted by Gasteiger charge is 2.18. The fraction of sp³-hybridized carbons (Fsp3) is 0.900. The molecule has 0 atom stereocenters. The largest absolute Gasteiger partial charge is 0.351 e. The summed E-state index contributed by atoms with van der Waals surface area (Å²) in [6, 6.07) is 0. The second-order valence-electron chi connectivity index (χ2n) is 4.84. The summed E-state index contributed by atoms with van der Waals surface area (Å²) in [5.41, 5.74) is -0.102. The minimum Gasteiger partial charge on any atom is -0.351 e. The van der Waals surface area contributed by atoms with Crippen molar-refractivity contribution in [1.82, 2.24) is 10.6 Å². The van der Waals surface area contributed by atoms with Crippen LogP contribution in [0.25, 0.3) is 0 Å². The Morgan fingerprint density at radius 3 is 2.57 bits per heavy atom. The standard InChI is InChI=1S/C10H20N2OS/c1-10(2,3)12-9(13)7-14-6-8-4-11-5-8/h8,11H,4-7H2,1-3H3,(H,12,13). The summed E-state index contributed by atoms with van der Waals surface area (Å²) < 4.78 is 0. The van der Waals surface area contributed by atoms with Crippen LogP contribution < -0.4 is 10.6 Å². The molecule has 0 unspecified atom stereocenters. The minimum atomic E-state index is -0.102. The first-order chi connectivity index (χ1) is 6.47. The van der Waals surface area contributed by atoms with Gasteiger partial charge in [-0.3, -0.25) is 4.79 Å². The van der Waals surface area contributed by atoms with E-state index in [4.69, 9.17) is 0 Å². The van der Waals surface area contributed by atoms with Gasteiger partial charge in [0.15, 0.2) is 0 Å². The van der Waals surface area contributed by atoms with Crippen molar-refractivity contribution < 1.29 is 4.79 Å². The summed E-state index contributed by atoms with van der Waals surface area (Å²) in [5, 5.41) is 6.18. The highest BCUT2D eigenvalue weighted by molar-refractivity contribution is 7.99. The van der Waals surface area contributed by atoms with Crippen molar-refractivity contribution in [3.05, 3.63) is 0 Å². The molecule has 0 saturated carbocycles. The zero-order valence-corrected chi connectivity index (χ0v) is 10.0. The number of rotatable bonds is 4. The van der Waals surface area contributed by atoms with Gasteiger partial charge in [0.25, 0.3) is 0 Å².